The Balaban J connectivity index is 1.80. The Hall–Kier alpha value is -3.62. The van der Waals surface area contributed by atoms with Gasteiger partial charge in [0.1, 0.15) is 23.1 Å². The molecule has 3 aromatic rings. The minimum atomic E-state index is -0.382. The number of hydrogen-bond donors (Lipinski definition) is 2. The Morgan fingerprint density at radius 1 is 1.00 bits per heavy atom. The molecule has 1 aromatic carbocycles. The minimum Gasteiger partial charge on any atom is -0.493 e. The average molecular weight is 369 g/mol. The zero-order chi connectivity index (χ0) is 19.4. The third kappa shape index (κ3) is 4.32. The van der Waals surface area contributed by atoms with Crippen LogP contribution in [0.15, 0.2) is 34.9 Å². The first-order chi connectivity index (χ1) is 13.0. The van der Waals surface area contributed by atoms with Gasteiger partial charge in [-0.2, -0.15) is 0 Å². The van der Waals surface area contributed by atoms with Crippen LogP contribution < -0.4 is 20.1 Å². The predicted molar refractivity (Wildman–Crippen MR) is 98.8 cm³/mol. The molecule has 0 unspecified atom stereocenters. The highest BCUT2D eigenvalue weighted by molar-refractivity contribution is 6.03. The number of nitrogens with zero attached hydrogens (tertiary/aromatic N) is 3. The summed E-state index contributed by atoms with van der Waals surface area (Å²) in [7, 11) is 3.07. The van der Waals surface area contributed by atoms with Crippen LogP contribution in [0.5, 0.6) is 11.5 Å². The lowest BCUT2D eigenvalue weighted by molar-refractivity contribution is 0.102. The molecule has 2 N–H and O–H groups in total. The van der Waals surface area contributed by atoms with E-state index in [0.717, 1.165) is 0 Å². The van der Waals surface area contributed by atoms with Crippen molar-refractivity contribution < 1.29 is 18.8 Å². The number of aromatic nitrogens is 3. The summed E-state index contributed by atoms with van der Waals surface area (Å²) in [5, 5.41) is 9.61. The Morgan fingerprint density at radius 3 is 2.44 bits per heavy atom. The van der Waals surface area contributed by atoms with Gasteiger partial charge in [-0.3, -0.25) is 4.79 Å². The first-order valence-electron chi connectivity index (χ1n) is 8.08. The van der Waals surface area contributed by atoms with Gasteiger partial charge in [-0.15, -0.1) is 0 Å². The van der Waals surface area contributed by atoms with Gasteiger partial charge in [0.25, 0.3) is 5.91 Å². The third-order valence-corrected chi connectivity index (χ3v) is 3.60. The Labute approximate surface area is 155 Å². The molecule has 1 amide bonds. The van der Waals surface area contributed by atoms with Gasteiger partial charge in [-0.1, -0.05) is 5.16 Å². The minimum absolute atomic E-state index is 0.208. The van der Waals surface area contributed by atoms with Crippen LogP contribution in [0.4, 0.5) is 17.3 Å². The van der Waals surface area contributed by atoms with Crippen molar-refractivity contribution >= 4 is 23.2 Å². The van der Waals surface area contributed by atoms with Gasteiger partial charge in [-0.25, -0.2) is 9.97 Å². The number of aryl methyl sites for hydroxylation is 2. The molecule has 9 heteroatoms. The second-order valence-corrected chi connectivity index (χ2v) is 5.66. The van der Waals surface area contributed by atoms with Crippen LogP contribution in [0.1, 0.15) is 22.1 Å². The molecule has 3 rings (SSSR count). The summed E-state index contributed by atoms with van der Waals surface area (Å²) >= 11 is 0. The van der Waals surface area contributed by atoms with Gasteiger partial charge in [0.15, 0.2) is 17.3 Å². The van der Waals surface area contributed by atoms with E-state index in [4.69, 9.17) is 14.0 Å². The molecule has 2 heterocycles. The monoisotopic (exact) mass is 369 g/mol. The van der Waals surface area contributed by atoms with E-state index in [0.29, 0.717) is 40.4 Å². The molecule has 0 radical (unpaired) electrons. The van der Waals surface area contributed by atoms with Crippen molar-refractivity contribution in [2.45, 2.75) is 13.8 Å². The zero-order valence-corrected chi connectivity index (χ0v) is 15.4. The van der Waals surface area contributed by atoms with Gasteiger partial charge in [0.05, 0.1) is 14.2 Å². The maximum Gasteiger partial charge on any atom is 0.274 e. The van der Waals surface area contributed by atoms with E-state index in [1.165, 1.54) is 13.2 Å². The maximum atomic E-state index is 12.6. The molecule has 2 aromatic heterocycles. The standard InChI is InChI=1S/C18H19N5O4/c1-10-7-17(23-27-10)22-16-9-13(19-11(2)20-16)18(24)21-12-5-6-14(25-3)15(8-12)26-4/h5-9H,1-4H3,(H,21,24)(H,19,20,22,23). The molecule has 0 saturated heterocycles. The highest BCUT2D eigenvalue weighted by Gasteiger charge is 2.13. The van der Waals surface area contributed by atoms with Crippen LogP contribution in [0.25, 0.3) is 0 Å². The van der Waals surface area contributed by atoms with Crippen LogP contribution in [0.2, 0.25) is 0 Å². The fraction of sp³-hybridized carbons (Fsp3) is 0.222. The molecule has 9 nitrogen and oxygen atoms in total. The van der Waals surface area contributed by atoms with E-state index in [2.05, 4.69) is 25.8 Å². The van der Waals surface area contributed by atoms with Gasteiger partial charge in [0.2, 0.25) is 0 Å². The maximum absolute atomic E-state index is 12.6. The molecule has 0 aliphatic rings. The van der Waals surface area contributed by atoms with Gasteiger partial charge in [0, 0.05) is 23.9 Å². The number of nitrogens with one attached hydrogen (secondary N) is 2. The number of carbonyl (C=O) groups is 1. The topological polar surface area (TPSA) is 111 Å². The average Bonchev–Trinajstić information content (AvgIpc) is 3.05. The second-order valence-electron chi connectivity index (χ2n) is 5.66. The lowest BCUT2D eigenvalue weighted by Gasteiger charge is -2.11. The highest BCUT2D eigenvalue weighted by atomic mass is 16.5. The normalized spacial score (nSPS) is 10.4. The number of methoxy groups -OCH3 is 2. The molecule has 0 fully saturated rings. The number of rotatable bonds is 6. The van der Waals surface area contributed by atoms with Crippen molar-refractivity contribution in [1.82, 2.24) is 15.1 Å². The molecule has 0 aliphatic heterocycles. The molecular weight excluding hydrogens is 350 g/mol. The number of hydrogen-bond acceptors (Lipinski definition) is 8. The van der Waals surface area contributed by atoms with E-state index in [1.807, 2.05) is 0 Å². The first-order valence-corrected chi connectivity index (χ1v) is 8.08. The molecule has 140 valence electrons. The fourth-order valence-electron chi connectivity index (χ4n) is 2.41. The van der Waals surface area contributed by atoms with Crippen molar-refractivity contribution in [2.24, 2.45) is 0 Å². The summed E-state index contributed by atoms with van der Waals surface area (Å²) in [6.45, 7) is 3.48. The SMILES string of the molecule is COc1ccc(NC(=O)c2cc(Nc3cc(C)on3)nc(C)n2)cc1OC. The Kier molecular flexibility index (Phi) is 5.20. The lowest BCUT2D eigenvalue weighted by atomic mass is 10.2. The van der Waals surface area contributed by atoms with Crippen molar-refractivity contribution in [3.05, 3.63) is 47.6 Å². The van der Waals surface area contributed by atoms with Crippen LogP contribution in [-0.4, -0.2) is 35.3 Å². The Morgan fingerprint density at radius 2 is 1.78 bits per heavy atom. The van der Waals surface area contributed by atoms with Crippen molar-refractivity contribution in [2.75, 3.05) is 24.9 Å². The number of anilines is 3. The van der Waals surface area contributed by atoms with E-state index in [9.17, 15) is 4.79 Å². The molecule has 27 heavy (non-hydrogen) atoms. The van der Waals surface area contributed by atoms with E-state index in [-0.39, 0.29) is 11.6 Å². The number of carbonyl (C=O) groups excluding carboxylic acids is 1. The van der Waals surface area contributed by atoms with Crippen LogP contribution in [-0.2, 0) is 0 Å². The third-order valence-electron chi connectivity index (χ3n) is 3.60. The van der Waals surface area contributed by atoms with Crippen LogP contribution in [0.3, 0.4) is 0 Å². The second kappa shape index (κ2) is 7.73. The lowest BCUT2D eigenvalue weighted by Crippen LogP contribution is -2.15. The number of amides is 1. The predicted octanol–water partition coefficient (Wildman–Crippen LogP) is 3.09. The molecule has 0 aliphatic carbocycles. The van der Waals surface area contributed by atoms with E-state index >= 15 is 0 Å². The molecular formula is C18H19N5O4. The summed E-state index contributed by atoms with van der Waals surface area (Å²) in [4.78, 5) is 21.0. The molecule has 0 bridgehead atoms. The van der Waals surface area contributed by atoms with Crippen LogP contribution >= 0.6 is 0 Å². The largest absolute Gasteiger partial charge is 0.493 e. The van der Waals surface area contributed by atoms with Crippen molar-refractivity contribution in [1.29, 1.82) is 0 Å². The fourth-order valence-corrected chi connectivity index (χ4v) is 2.41. The first kappa shape index (κ1) is 18.2. The summed E-state index contributed by atoms with van der Waals surface area (Å²) in [6.07, 6.45) is 0. The van der Waals surface area contributed by atoms with Gasteiger partial charge >= 0.3 is 0 Å². The summed E-state index contributed by atoms with van der Waals surface area (Å²) in [5.41, 5.74) is 0.760. The van der Waals surface area contributed by atoms with Gasteiger partial charge < -0.3 is 24.6 Å². The number of ether oxygens (including phenoxy) is 2. The van der Waals surface area contributed by atoms with E-state index < -0.39 is 0 Å². The Bertz CT molecular complexity index is 970. The smallest absolute Gasteiger partial charge is 0.274 e. The number of benzene rings is 1. The summed E-state index contributed by atoms with van der Waals surface area (Å²) < 4.78 is 15.4. The quantitative estimate of drug-likeness (QED) is 0.682. The van der Waals surface area contributed by atoms with Crippen LogP contribution in [0, 0.1) is 13.8 Å². The summed E-state index contributed by atoms with van der Waals surface area (Å²) in [5.74, 6) is 2.74. The van der Waals surface area contributed by atoms with E-state index in [1.54, 1.807) is 45.2 Å². The van der Waals surface area contributed by atoms with Gasteiger partial charge in [-0.05, 0) is 26.0 Å². The molecule has 0 saturated carbocycles. The highest BCUT2D eigenvalue weighted by Crippen LogP contribution is 2.30. The van der Waals surface area contributed by atoms with Crippen molar-refractivity contribution in [3.8, 4) is 11.5 Å². The van der Waals surface area contributed by atoms with Crippen molar-refractivity contribution in [3.63, 3.8) is 0 Å². The zero-order valence-electron chi connectivity index (χ0n) is 15.4. The molecule has 0 atom stereocenters. The summed E-state index contributed by atoms with van der Waals surface area (Å²) in [6, 6.07) is 8.35. The molecule has 0 spiro atoms.